The lowest BCUT2D eigenvalue weighted by Gasteiger charge is -2.19. The Morgan fingerprint density at radius 1 is 1.17 bits per heavy atom. The van der Waals surface area contributed by atoms with Gasteiger partial charge < -0.3 is 10.2 Å². The molecule has 0 aliphatic heterocycles. The van der Waals surface area contributed by atoms with Crippen molar-refractivity contribution < 1.29 is 18.0 Å². The molecule has 0 spiro atoms. The number of nitrogens with zero attached hydrogens (tertiary/aromatic N) is 2. The first kappa shape index (κ1) is 17.8. The second kappa shape index (κ2) is 7.81. The van der Waals surface area contributed by atoms with Crippen LogP contribution < -0.4 is 10.2 Å². The van der Waals surface area contributed by atoms with Crippen molar-refractivity contribution in [3.63, 3.8) is 0 Å². The number of hydrogen-bond donors (Lipinski definition) is 1. The van der Waals surface area contributed by atoms with Crippen LogP contribution in [-0.2, 0) is 6.18 Å². The van der Waals surface area contributed by atoms with Crippen molar-refractivity contribution in [2.75, 3.05) is 25.0 Å². The summed E-state index contributed by atoms with van der Waals surface area (Å²) >= 11 is 0. The normalized spacial score (nSPS) is 11.2. The molecule has 1 aromatic heterocycles. The molecule has 0 saturated carbocycles. The Kier molecular flexibility index (Phi) is 5.78. The molecule has 0 fully saturated rings. The smallest absolute Gasteiger partial charge is 0.375 e. The van der Waals surface area contributed by atoms with Gasteiger partial charge in [0.15, 0.2) is 0 Å². The van der Waals surface area contributed by atoms with Crippen molar-refractivity contribution in [3.05, 3.63) is 59.9 Å². The number of rotatable bonds is 6. The third-order valence-corrected chi connectivity index (χ3v) is 3.47. The molecule has 24 heavy (non-hydrogen) atoms. The van der Waals surface area contributed by atoms with Crippen LogP contribution in [-0.4, -0.2) is 31.0 Å². The molecule has 0 bridgehead atoms. The van der Waals surface area contributed by atoms with E-state index in [0.29, 0.717) is 13.0 Å². The zero-order valence-corrected chi connectivity index (χ0v) is 13.2. The highest BCUT2D eigenvalue weighted by Crippen LogP contribution is 2.27. The monoisotopic (exact) mass is 337 g/mol. The number of halogens is 3. The summed E-state index contributed by atoms with van der Waals surface area (Å²) in [4.78, 5) is 17.2. The van der Waals surface area contributed by atoms with Crippen molar-refractivity contribution in [2.45, 2.75) is 12.6 Å². The fourth-order valence-corrected chi connectivity index (χ4v) is 2.13. The molecule has 7 heteroatoms. The second-order valence-electron chi connectivity index (χ2n) is 5.30. The van der Waals surface area contributed by atoms with Crippen LogP contribution in [0.4, 0.5) is 18.9 Å². The third kappa shape index (κ3) is 4.97. The summed E-state index contributed by atoms with van der Waals surface area (Å²) in [5, 5.41) is 2.68. The molecule has 2 aromatic rings. The maximum absolute atomic E-state index is 12.4. The number of anilines is 1. The number of benzene rings is 1. The average molecular weight is 337 g/mol. The summed E-state index contributed by atoms with van der Waals surface area (Å²) in [7, 11) is 1.96. The molecular formula is C17H18F3N3O. The molecule has 1 heterocycles. The van der Waals surface area contributed by atoms with E-state index in [-0.39, 0.29) is 5.56 Å². The molecule has 1 aromatic carbocycles. The molecule has 128 valence electrons. The Morgan fingerprint density at radius 2 is 1.88 bits per heavy atom. The molecular weight excluding hydrogens is 319 g/mol. The molecule has 0 aliphatic rings. The first-order valence-corrected chi connectivity index (χ1v) is 7.45. The van der Waals surface area contributed by atoms with E-state index in [4.69, 9.17) is 0 Å². The van der Waals surface area contributed by atoms with E-state index >= 15 is 0 Å². The first-order chi connectivity index (χ1) is 11.4. The largest absolute Gasteiger partial charge is 0.433 e. The van der Waals surface area contributed by atoms with Gasteiger partial charge in [-0.05, 0) is 30.7 Å². The minimum atomic E-state index is -4.50. The molecule has 0 unspecified atom stereocenters. The van der Waals surface area contributed by atoms with Crippen LogP contribution in [0.1, 0.15) is 22.5 Å². The number of hydrogen-bond acceptors (Lipinski definition) is 3. The molecule has 0 aliphatic carbocycles. The Hall–Kier alpha value is -2.57. The van der Waals surface area contributed by atoms with Gasteiger partial charge in [0.25, 0.3) is 5.91 Å². The fraction of sp³-hybridized carbons (Fsp3) is 0.294. The van der Waals surface area contributed by atoms with Crippen LogP contribution in [0.2, 0.25) is 0 Å². The fourth-order valence-electron chi connectivity index (χ4n) is 2.13. The summed E-state index contributed by atoms with van der Waals surface area (Å²) in [6.45, 7) is 1.17. The molecule has 0 radical (unpaired) electrons. The van der Waals surface area contributed by atoms with E-state index in [2.05, 4.69) is 15.2 Å². The number of amides is 1. The van der Waals surface area contributed by atoms with Gasteiger partial charge in [-0.3, -0.25) is 9.78 Å². The number of pyridine rings is 1. The lowest BCUT2D eigenvalue weighted by Crippen LogP contribution is -2.28. The maximum atomic E-state index is 12.4. The van der Waals surface area contributed by atoms with Crippen molar-refractivity contribution in [1.82, 2.24) is 10.3 Å². The minimum absolute atomic E-state index is 0.111. The van der Waals surface area contributed by atoms with Gasteiger partial charge in [0.1, 0.15) is 5.69 Å². The molecule has 1 N–H and O–H groups in total. The van der Waals surface area contributed by atoms with Gasteiger partial charge in [-0.25, -0.2) is 0 Å². The quantitative estimate of drug-likeness (QED) is 0.822. The van der Waals surface area contributed by atoms with Crippen LogP contribution >= 0.6 is 0 Å². The van der Waals surface area contributed by atoms with E-state index in [9.17, 15) is 18.0 Å². The van der Waals surface area contributed by atoms with E-state index < -0.39 is 17.8 Å². The Morgan fingerprint density at radius 3 is 2.46 bits per heavy atom. The van der Waals surface area contributed by atoms with Crippen molar-refractivity contribution in [3.8, 4) is 0 Å². The van der Waals surface area contributed by atoms with Gasteiger partial charge in [0.2, 0.25) is 0 Å². The Balaban J connectivity index is 1.77. The van der Waals surface area contributed by atoms with Gasteiger partial charge in [-0.15, -0.1) is 0 Å². The molecule has 2 rings (SSSR count). The predicted molar refractivity (Wildman–Crippen MR) is 85.9 cm³/mol. The standard InChI is InChI=1S/C17H18F3N3O/c1-23(14-6-3-2-4-7-14)11-5-10-21-16(24)13-8-9-15(22-12-13)17(18,19)20/h2-4,6-9,12H,5,10-11H2,1H3,(H,21,24). The average Bonchev–Trinajstić information content (AvgIpc) is 2.58. The van der Waals surface area contributed by atoms with E-state index in [1.807, 2.05) is 37.4 Å². The second-order valence-corrected chi connectivity index (χ2v) is 5.30. The van der Waals surface area contributed by atoms with Crippen molar-refractivity contribution in [2.24, 2.45) is 0 Å². The summed E-state index contributed by atoms with van der Waals surface area (Å²) in [6.07, 6.45) is -2.85. The van der Waals surface area contributed by atoms with Gasteiger partial charge in [-0.2, -0.15) is 13.2 Å². The van der Waals surface area contributed by atoms with Crippen LogP contribution in [0.5, 0.6) is 0 Å². The summed E-state index contributed by atoms with van der Waals surface area (Å²) in [5.74, 6) is -0.432. The number of carbonyl (C=O) groups excluding carboxylic acids is 1. The number of para-hydroxylation sites is 1. The van der Waals surface area contributed by atoms with Gasteiger partial charge >= 0.3 is 6.18 Å². The van der Waals surface area contributed by atoms with E-state index in [1.54, 1.807) is 0 Å². The van der Waals surface area contributed by atoms with Gasteiger partial charge in [0, 0.05) is 32.0 Å². The molecule has 0 atom stereocenters. The predicted octanol–water partition coefficient (Wildman–Crippen LogP) is 3.36. The lowest BCUT2D eigenvalue weighted by atomic mass is 10.2. The van der Waals surface area contributed by atoms with Crippen LogP contribution in [0.25, 0.3) is 0 Å². The first-order valence-electron chi connectivity index (χ1n) is 7.45. The zero-order chi connectivity index (χ0) is 17.6. The summed E-state index contributed by atoms with van der Waals surface area (Å²) in [6, 6.07) is 11.8. The topological polar surface area (TPSA) is 45.2 Å². The molecule has 0 saturated heterocycles. The number of alkyl halides is 3. The molecule has 4 nitrogen and oxygen atoms in total. The molecule has 1 amide bonds. The zero-order valence-electron chi connectivity index (χ0n) is 13.2. The third-order valence-electron chi connectivity index (χ3n) is 3.47. The maximum Gasteiger partial charge on any atom is 0.433 e. The Bertz CT molecular complexity index is 657. The highest BCUT2D eigenvalue weighted by atomic mass is 19.4. The van der Waals surface area contributed by atoms with Crippen molar-refractivity contribution >= 4 is 11.6 Å². The van der Waals surface area contributed by atoms with Crippen LogP contribution in [0, 0.1) is 0 Å². The van der Waals surface area contributed by atoms with Gasteiger partial charge in [0.05, 0.1) is 5.56 Å². The Labute approximate surface area is 138 Å². The number of carbonyl (C=O) groups is 1. The summed E-state index contributed by atoms with van der Waals surface area (Å²) in [5.41, 5.74) is 0.179. The lowest BCUT2D eigenvalue weighted by molar-refractivity contribution is -0.141. The van der Waals surface area contributed by atoms with Crippen molar-refractivity contribution in [1.29, 1.82) is 0 Å². The van der Waals surface area contributed by atoms with Crippen LogP contribution in [0.15, 0.2) is 48.7 Å². The van der Waals surface area contributed by atoms with Gasteiger partial charge in [-0.1, -0.05) is 18.2 Å². The number of nitrogens with one attached hydrogen (secondary N) is 1. The van der Waals surface area contributed by atoms with E-state index in [1.165, 1.54) is 0 Å². The summed E-state index contributed by atoms with van der Waals surface area (Å²) < 4.78 is 37.3. The highest BCUT2D eigenvalue weighted by molar-refractivity contribution is 5.93. The highest BCUT2D eigenvalue weighted by Gasteiger charge is 2.32. The number of aromatic nitrogens is 1. The van der Waals surface area contributed by atoms with Crippen LogP contribution in [0.3, 0.4) is 0 Å². The SMILES string of the molecule is CN(CCCNC(=O)c1ccc(C(F)(F)F)nc1)c1ccccc1. The van der Waals surface area contributed by atoms with E-state index in [0.717, 1.165) is 30.6 Å². The minimum Gasteiger partial charge on any atom is -0.375 e.